The molecular weight excluding hydrogens is 649 g/mol. The summed E-state index contributed by atoms with van der Waals surface area (Å²) >= 11 is 0. The van der Waals surface area contributed by atoms with Gasteiger partial charge in [-0.15, -0.1) is 10.2 Å². The quantitative estimate of drug-likeness (QED) is 0.164. The summed E-state index contributed by atoms with van der Waals surface area (Å²) in [5.74, 6) is 0.706. The number of nitrogens with zero attached hydrogens (tertiary/aromatic N) is 6. The molecule has 0 saturated carbocycles. The summed E-state index contributed by atoms with van der Waals surface area (Å²) in [4.78, 5) is 16.8. The molecule has 10 aromatic rings. The van der Waals surface area contributed by atoms with E-state index in [0.717, 1.165) is 88.9 Å². The lowest BCUT2D eigenvalue weighted by Gasteiger charge is -2.12. The Kier molecular flexibility index (Phi) is 7.36. The molecule has 6 nitrogen and oxygen atoms in total. The molecule has 0 bridgehead atoms. The number of rotatable bonds is 6. The first-order chi connectivity index (χ1) is 26.2. The number of benzene rings is 7. The van der Waals surface area contributed by atoms with Crippen molar-refractivity contribution in [1.82, 2.24) is 29.9 Å². The fraction of sp³-hybridized carbons (Fsp3) is 0. The highest BCUT2D eigenvalue weighted by Gasteiger charge is 2.17. The van der Waals surface area contributed by atoms with E-state index in [0.29, 0.717) is 5.82 Å². The molecule has 6 heteroatoms. The molecule has 0 aliphatic rings. The zero-order valence-corrected chi connectivity index (χ0v) is 28.5. The lowest BCUT2D eigenvalue weighted by atomic mass is 9.97. The molecule has 10 rings (SSSR count). The maximum atomic E-state index is 5.18. The van der Waals surface area contributed by atoms with Gasteiger partial charge in [-0.05, 0) is 47.5 Å². The minimum atomic E-state index is 0.706. The highest BCUT2D eigenvalue weighted by Crippen LogP contribution is 2.37. The molecule has 0 fully saturated rings. The van der Waals surface area contributed by atoms with Gasteiger partial charge in [-0.1, -0.05) is 146 Å². The van der Waals surface area contributed by atoms with Crippen molar-refractivity contribution in [1.29, 1.82) is 0 Å². The van der Waals surface area contributed by atoms with Crippen LogP contribution in [0.4, 0.5) is 0 Å². The molecule has 7 aromatic carbocycles. The van der Waals surface area contributed by atoms with E-state index in [4.69, 9.17) is 25.1 Å². The summed E-state index contributed by atoms with van der Waals surface area (Å²) in [5.41, 5.74) is 12.6. The van der Waals surface area contributed by atoms with Crippen molar-refractivity contribution in [2.24, 2.45) is 0 Å². The zero-order valence-electron chi connectivity index (χ0n) is 28.5. The van der Waals surface area contributed by atoms with Crippen LogP contribution in [0, 0.1) is 0 Å². The standard InChI is InChI=1S/C47H30N6/c1-4-12-33(13-5-1)42-30-43(50-47(49-42)36-14-6-2-7-15-36)34-24-20-31(21-25-34)32-22-26-35(27-23-32)45-39-28-29-41-46(44(39)38-18-10-11-19-40(38)48-45)52-53(51-41)37-16-8-3-9-17-37/h1-30H. The van der Waals surface area contributed by atoms with Crippen molar-refractivity contribution in [3.8, 4) is 62.0 Å². The summed E-state index contributed by atoms with van der Waals surface area (Å²) < 4.78 is 0. The van der Waals surface area contributed by atoms with Gasteiger partial charge in [0.2, 0.25) is 0 Å². The van der Waals surface area contributed by atoms with E-state index in [-0.39, 0.29) is 0 Å². The van der Waals surface area contributed by atoms with E-state index in [9.17, 15) is 0 Å². The van der Waals surface area contributed by atoms with Crippen molar-refractivity contribution in [2.45, 2.75) is 0 Å². The second-order valence-corrected chi connectivity index (χ2v) is 13.0. The third-order valence-electron chi connectivity index (χ3n) is 9.70. The van der Waals surface area contributed by atoms with Gasteiger partial charge in [0.15, 0.2) is 5.82 Å². The van der Waals surface area contributed by atoms with Gasteiger partial charge in [0.1, 0.15) is 11.0 Å². The van der Waals surface area contributed by atoms with Crippen LogP contribution in [0.15, 0.2) is 182 Å². The van der Waals surface area contributed by atoms with Gasteiger partial charge >= 0.3 is 0 Å². The molecule has 3 aromatic heterocycles. The van der Waals surface area contributed by atoms with Crippen LogP contribution in [-0.2, 0) is 0 Å². The molecule has 53 heavy (non-hydrogen) atoms. The molecular formula is C47H30N6. The third kappa shape index (κ3) is 5.59. The smallest absolute Gasteiger partial charge is 0.160 e. The summed E-state index contributed by atoms with van der Waals surface area (Å²) in [6.07, 6.45) is 0. The van der Waals surface area contributed by atoms with E-state index in [1.165, 1.54) is 0 Å². The molecule has 3 heterocycles. The van der Waals surface area contributed by atoms with E-state index >= 15 is 0 Å². The maximum Gasteiger partial charge on any atom is 0.160 e. The summed E-state index contributed by atoms with van der Waals surface area (Å²) in [5, 5.41) is 13.0. The van der Waals surface area contributed by atoms with Gasteiger partial charge in [-0.3, -0.25) is 0 Å². The summed E-state index contributed by atoms with van der Waals surface area (Å²) in [6.45, 7) is 0. The molecule has 0 spiro atoms. The average Bonchev–Trinajstić information content (AvgIpc) is 3.69. The third-order valence-corrected chi connectivity index (χ3v) is 9.70. The number of hydrogen-bond donors (Lipinski definition) is 0. The lowest BCUT2D eigenvalue weighted by molar-refractivity contribution is 0.766. The van der Waals surface area contributed by atoms with Crippen LogP contribution in [0.2, 0.25) is 0 Å². The molecule has 0 N–H and O–H groups in total. The van der Waals surface area contributed by atoms with Crippen LogP contribution in [0.1, 0.15) is 0 Å². The Balaban J connectivity index is 1.01. The van der Waals surface area contributed by atoms with E-state index in [1.807, 2.05) is 91.0 Å². The Morgan fingerprint density at radius 2 is 0.906 bits per heavy atom. The fourth-order valence-corrected chi connectivity index (χ4v) is 7.03. The fourth-order valence-electron chi connectivity index (χ4n) is 7.03. The Hall–Kier alpha value is -7.31. The first-order valence-electron chi connectivity index (χ1n) is 17.6. The Morgan fingerprint density at radius 1 is 0.358 bits per heavy atom. The van der Waals surface area contributed by atoms with Gasteiger partial charge in [-0.2, -0.15) is 4.80 Å². The van der Waals surface area contributed by atoms with Crippen molar-refractivity contribution in [3.63, 3.8) is 0 Å². The van der Waals surface area contributed by atoms with Gasteiger partial charge < -0.3 is 0 Å². The number of pyridine rings is 1. The molecule has 0 radical (unpaired) electrons. The Morgan fingerprint density at radius 3 is 1.58 bits per heavy atom. The van der Waals surface area contributed by atoms with E-state index in [2.05, 4.69) is 91.0 Å². The van der Waals surface area contributed by atoms with Crippen molar-refractivity contribution < 1.29 is 0 Å². The normalized spacial score (nSPS) is 11.4. The minimum Gasteiger partial charge on any atom is -0.247 e. The van der Waals surface area contributed by atoms with Crippen LogP contribution >= 0.6 is 0 Å². The van der Waals surface area contributed by atoms with E-state index in [1.54, 1.807) is 4.80 Å². The molecule has 0 aliphatic carbocycles. The van der Waals surface area contributed by atoms with Crippen LogP contribution in [0.3, 0.4) is 0 Å². The molecule has 0 unspecified atom stereocenters. The molecule has 0 amide bonds. The number of fused-ring (bicyclic) bond motifs is 5. The summed E-state index contributed by atoms with van der Waals surface area (Å²) in [7, 11) is 0. The average molecular weight is 679 g/mol. The largest absolute Gasteiger partial charge is 0.247 e. The number of para-hydroxylation sites is 2. The van der Waals surface area contributed by atoms with E-state index < -0.39 is 0 Å². The molecule has 0 saturated heterocycles. The van der Waals surface area contributed by atoms with Crippen LogP contribution in [0.5, 0.6) is 0 Å². The first-order valence-corrected chi connectivity index (χ1v) is 17.6. The Labute approximate surface area is 305 Å². The SMILES string of the molecule is c1ccc(-c2cc(-c3ccc(-c4ccc(-c5nc6ccccc6c6c5ccc5nn(-c7ccccc7)nc56)cc4)cc3)nc(-c3ccccc3)n2)cc1. The summed E-state index contributed by atoms with van der Waals surface area (Å²) in [6, 6.07) is 62.2. The molecule has 0 atom stereocenters. The second-order valence-electron chi connectivity index (χ2n) is 13.0. The predicted octanol–water partition coefficient (Wildman–Crippen LogP) is 11.2. The first kappa shape index (κ1) is 30.5. The van der Waals surface area contributed by atoms with Crippen molar-refractivity contribution in [2.75, 3.05) is 0 Å². The van der Waals surface area contributed by atoms with Crippen LogP contribution in [0.25, 0.3) is 94.7 Å². The number of hydrogen-bond acceptors (Lipinski definition) is 5. The van der Waals surface area contributed by atoms with Crippen molar-refractivity contribution in [3.05, 3.63) is 182 Å². The van der Waals surface area contributed by atoms with Gasteiger partial charge in [-0.25, -0.2) is 15.0 Å². The van der Waals surface area contributed by atoms with Gasteiger partial charge in [0.25, 0.3) is 0 Å². The highest BCUT2D eigenvalue weighted by atomic mass is 15.5. The van der Waals surface area contributed by atoms with Crippen molar-refractivity contribution >= 4 is 32.7 Å². The highest BCUT2D eigenvalue weighted by molar-refractivity contribution is 6.20. The van der Waals surface area contributed by atoms with Crippen LogP contribution in [-0.4, -0.2) is 29.9 Å². The zero-order chi connectivity index (χ0) is 35.1. The maximum absolute atomic E-state index is 5.18. The number of aromatic nitrogens is 6. The second kappa shape index (κ2) is 12.8. The van der Waals surface area contributed by atoms with Gasteiger partial charge in [0, 0.05) is 38.4 Å². The minimum absolute atomic E-state index is 0.706. The molecule has 248 valence electrons. The topological polar surface area (TPSA) is 69.4 Å². The molecule has 0 aliphatic heterocycles. The lowest BCUT2D eigenvalue weighted by Crippen LogP contribution is -1.97. The Bertz CT molecular complexity index is 2850. The van der Waals surface area contributed by atoms with Gasteiger partial charge in [0.05, 0.1) is 28.3 Å². The predicted molar refractivity (Wildman–Crippen MR) is 214 cm³/mol. The monoisotopic (exact) mass is 678 g/mol. The van der Waals surface area contributed by atoms with Crippen LogP contribution < -0.4 is 0 Å².